The number of hydrogen-bond acceptors (Lipinski definition) is 2. The molecule has 0 radical (unpaired) electrons. The third-order valence-electron chi connectivity index (χ3n) is 4.41. The van der Waals surface area contributed by atoms with E-state index in [0.29, 0.717) is 29.6 Å². The van der Waals surface area contributed by atoms with E-state index in [9.17, 15) is 13.6 Å². The van der Waals surface area contributed by atoms with Gasteiger partial charge in [0.15, 0.2) is 0 Å². The molecule has 0 bridgehead atoms. The van der Waals surface area contributed by atoms with Gasteiger partial charge in [0.05, 0.1) is 11.1 Å². The van der Waals surface area contributed by atoms with Crippen LogP contribution in [-0.4, -0.2) is 28.9 Å². The molecule has 0 unspecified atom stereocenters. The summed E-state index contributed by atoms with van der Waals surface area (Å²) in [7, 11) is 0. The predicted octanol–water partition coefficient (Wildman–Crippen LogP) is 3.75. The smallest absolute Gasteiger partial charge is 0.256 e. The largest absolute Gasteiger partial charge is 0.337 e. The Balaban J connectivity index is 1.60. The van der Waals surface area contributed by atoms with Crippen molar-refractivity contribution >= 4 is 16.8 Å². The molecule has 0 saturated carbocycles. The van der Waals surface area contributed by atoms with Crippen LogP contribution in [0.4, 0.5) is 8.78 Å². The molecule has 1 aliphatic rings. The van der Waals surface area contributed by atoms with Gasteiger partial charge >= 0.3 is 0 Å². The second-order valence-electron chi connectivity index (χ2n) is 5.96. The molecule has 1 saturated heterocycles. The van der Waals surface area contributed by atoms with Gasteiger partial charge in [-0.2, -0.15) is 0 Å². The van der Waals surface area contributed by atoms with E-state index < -0.39 is 5.82 Å². The van der Waals surface area contributed by atoms with Crippen LogP contribution in [0.1, 0.15) is 21.8 Å². The molecule has 5 heteroatoms. The standard InChI is InChI=1S/C19H14F2N2O/c20-14-8-12-4-3-7-22-18(12)16(9-14)19(24)23-10-13(11-23)15-5-1-2-6-17(15)21/h1-9,13H,10-11H2. The first-order valence-corrected chi connectivity index (χ1v) is 7.71. The molecule has 3 nitrogen and oxygen atoms in total. The first kappa shape index (κ1) is 14.8. The highest BCUT2D eigenvalue weighted by molar-refractivity contribution is 6.05. The van der Waals surface area contributed by atoms with E-state index >= 15 is 0 Å². The van der Waals surface area contributed by atoms with Crippen molar-refractivity contribution in [2.45, 2.75) is 5.92 Å². The Hall–Kier alpha value is -2.82. The summed E-state index contributed by atoms with van der Waals surface area (Å²) in [5.74, 6) is -1.02. The van der Waals surface area contributed by atoms with Gasteiger partial charge in [0, 0.05) is 30.6 Å². The molecule has 0 spiro atoms. The molecular formula is C19H14F2N2O. The number of carbonyl (C=O) groups is 1. The molecular weight excluding hydrogens is 310 g/mol. The highest BCUT2D eigenvalue weighted by Crippen LogP contribution is 2.31. The van der Waals surface area contributed by atoms with Crippen LogP contribution >= 0.6 is 0 Å². The van der Waals surface area contributed by atoms with E-state index in [2.05, 4.69) is 4.98 Å². The molecule has 2 heterocycles. The first-order valence-electron chi connectivity index (χ1n) is 7.71. The summed E-state index contributed by atoms with van der Waals surface area (Å²) in [6, 6.07) is 12.6. The molecule has 24 heavy (non-hydrogen) atoms. The number of aromatic nitrogens is 1. The molecule has 3 aromatic rings. The fraction of sp³-hybridized carbons (Fsp3) is 0.158. The van der Waals surface area contributed by atoms with E-state index in [1.165, 1.54) is 18.2 Å². The summed E-state index contributed by atoms with van der Waals surface area (Å²) in [6.45, 7) is 0.842. The number of benzene rings is 2. The Morgan fingerprint density at radius 3 is 2.67 bits per heavy atom. The number of hydrogen-bond donors (Lipinski definition) is 0. The molecule has 0 aliphatic carbocycles. The molecule has 4 rings (SSSR count). The SMILES string of the molecule is O=C(c1cc(F)cc2cccnc12)N1CC(c2ccccc2F)C1. The van der Waals surface area contributed by atoms with E-state index in [1.54, 1.807) is 41.4 Å². The lowest BCUT2D eigenvalue weighted by molar-refractivity contribution is 0.0600. The number of carbonyl (C=O) groups excluding carboxylic acids is 1. The molecule has 1 aliphatic heterocycles. The van der Waals surface area contributed by atoms with Gasteiger partial charge in [0.2, 0.25) is 0 Å². The number of likely N-dealkylation sites (tertiary alicyclic amines) is 1. The highest BCUT2D eigenvalue weighted by atomic mass is 19.1. The van der Waals surface area contributed by atoms with Crippen LogP contribution in [0.15, 0.2) is 54.7 Å². The quantitative estimate of drug-likeness (QED) is 0.719. The number of fused-ring (bicyclic) bond motifs is 1. The lowest BCUT2D eigenvalue weighted by Crippen LogP contribution is -2.48. The van der Waals surface area contributed by atoms with Crippen molar-refractivity contribution in [3.8, 4) is 0 Å². The second-order valence-corrected chi connectivity index (χ2v) is 5.96. The van der Waals surface area contributed by atoms with Crippen LogP contribution in [0.2, 0.25) is 0 Å². The van der Waals surface area contributed by atoms with Crippen molar-refractivity contribution in [3.63, 3.8) is 0 Å². The van der Waals surface area contributed by atoms with Gasteiger partial charge < -0.3 is 4.90 Å². The zero-order chi connectivity index (χ0) is 16.7. The number of amides is 1. The Morgan fingerprint density at radius 1 is 1.08 bits per heavy atom. The van der Waals surface area contributed by atoms with Gasteiger partial charge in [-0.3, -0.25) is 9.78 Å². The third-order valence-corrected chi connectivity index (χ3v) is 4.41. The van der Waals surface area contributed by atoms with Crippen LogP contribution in [0.5, 0.6) is 0 Å². The molecule has 0 atom stereocenters. The van der Waals surface area contributed by atoms with Crippen molar-refractivity contribution in [1.82, 2.24) is 9.88 Å². The van der Waals surface area contributed by atoms with Gasteiger partial charge in [0.25, 0.3) is 5.91 Å². The summed E-state index contributed by atoms with van der Waals surface area (Å²) >= 11 is 0. The summed E-state index contributed by atoms with van der Waals surface area (Å²) in [4.78, 5) is 18.5. The van der Waals surface area contributed by atoms with E-state index in [-0.39, 0.29) is 23.2 Å². The van der Waals surface area contributed by atoms with Gasteiger partial charge in [-0.05, 0) is 29.8 Å². The molecule has 2 aromatic carbocycles. The maximum Gasteiger partial charge on any atom is 0.256 e. The highest BCUT2D eigenvalue weighted by Gasteiger charge is 2.34. The van der Waals surface area contributed by atoms with Gasteiger partial charge in [-0.25, -0.2) is 8.78 Å². The molecule has 120 valence electrons. The summed E-state index contributed by atoms with van der Waals surface area (Å²) < 4.78 is 27.6. The fourth-order valence-corrected chi connectivity index (χ4v) is 3.14. The van der Waals surface area contributed by atoms with E-state index in [4.69, 9.17) is 0 Å². The number of rotatable bonds is 2. The maximum absolute atomic E-state index is 13.8. The van der Waals surface area contributed by atoms with Crippen LogP contribution in [0, 0.1) is 11.6 Å². The van der Waals surface area contributed by atoms with Crippen molar-refractivity contribution in [1.29, 1.82) is 0 Å². The van der Waals surface area contributed by atoms with Crippen LogP contribution in [0.25, 0.3) is 10.9 Å². The van der Waals surface area contributed by atoms with Gasteiger partial charge in [-0.15, -0.1) is 0 Å². The van der Waals surface area contributed by atoms with Crippen molar-refractivity contribution in [2.24, 2.45) is 0 Å². The molecule has 1 fully saturated rings. The number of nitrogens with zero attached hydrogens (tertiary/aromatic N) is 2. The Labute approximate surface area is 137 Å². The fourth-order valence-electron chi connectivity index (χ4n) is 3.14. The van der Waals surface area contributed by atoms with Crippen LogP contribution in [-0.2, 0) is 0 Å². The minimum atomic E-state index is -0.468. The molecule has 1 amide bonds. The van der Waals surface area contributed by atoms with Crippen LogP contribution < -0.4 is 0 Å². The summed E-state index contributed by atoms with van der Waals surface area (Å²) in [5.41, 5.74) is 1.35. The van der Waals surface area contributed by atoms with Crippen molar-refractivity contribution < 1.29 is 13.6 Å². The minimum Gasteiger partial charge on any atom is -0.337 e. The van der Waals surface area contributed by atoms with Crippen LogP contribution in [0.3, 0.4) is 0 Å². The topological polar surface area (TPSA) is 33.2 Å². The monoisotopic (exact) mass is 324 g/mol. The van der Waals surface area contributed by atoms with Gasteiger partial charge in [0.1, 0.15) is 11.6 Å². The summed E-state index contributed by atoms with van der Waals surface area (Å²) in [5, 5.41) is 0.590. The first-order chi connectivity index (χ1) is 11.6. The normalized spacial score (nSPS) is 14.7. The summed E-state index contributed by atoms with van der Waals surface area (Å²) in [6.07, 6.45) is 1.58. The van der Waals surface area contributed by atoms with E-state index in [0.717, 1.165) is 0 Å². The van der Waals surface area contributed by atoms with Crippen molar-refractivity contribution in [2.75, 3.05) is 13.1 Å². The zero-order valence-electron chi connectivity index (χ0n) is 12.7. The number of pyridine rings is 1. The minimum absolute atomic E-state index is 0.0251. The van der Waals surface area contributed by atoms with Crippen molar-refractivity contribution in [3.05, 3.63) is 77.5 Å². The Kier molecular flexibility index (Phi) is 3.49. The Morgan fingerprint density at radius 2 is 1.88 bits per heavy atom. The number of halogens is 2. The zero-order valence-corrected chi connectivity index (χ0v) is 12.7. The lowest BCUT2D eigenvalue weighted by Gasteiger charge is -2.39. The average Bonchev–Trinajstić information content (AvgIpc) is 2.54. The molecule has 1 aromatic heterocycles. The third kappa shape index (κ3) is 2.42. The van der Waals surface area contributed by atoms with E-state index in [1.807, 2.05) is 0 Å². The average molecular weight is 324 g/mol. The van der Waals surface area contributed by atoms with Gasteiger partial charge in [-0.1, -0.05) is 24.3 Å². The maximum atomic E-state index is 13.8. The Bertz CT molecular complexity index is 936. The predicted molar refractivity (Wildman–Crippen MR) is 86.7 cm³/mol. The lowest BCUT2D eigenvalue weighted by atomic mass is 9.90. The second kappa shape index (κ2) is 5.67. The molecule has 0 N–H and O–H groups in total.